The number of hydrogen-bond donors (Lipinski definition) is 3. The van der Waals surface area contributed by atoms with Crippen molar-refractivity contribution in [1.29, 1.82) is 0 Å². The van der Waals surface area contributed by atoms with Crippen molar-refractivity contribution in [3.8, 4) is 0 Å². The molecular weight excluding hydrogens is 232 g/mol. The van der Waals surface area contributed by atoms with Gasteiger partial charge in [0.15, 0.2) is 0 Å². The van der Waals surface area contributed by atoms with E-state index in [1.54, 1.807) is 10.9 Å². The summed E-state index contributed by atoms with van der Waals surface area (Å²) in [5, 5.41) is 23.5. The van der Waals surface area contributed by atoms with Gasteiger partial charge in [-0.25, -0.2) is 0 Å². The third kappa shape index (κ3) is 2.56. The minimum atomic E-state index is -0.687. The molecule has 1 aromatic rings. The molecule has 2 rings (SSSR count). The highest BCUT2D eigenvalue weighted by molar-refractivity contribution is 5.14. The zero-order valence-electron chi connectivity index (χ0n) is 10.9. The minimum absolute atomic E-state index is 0.00417. The summed E-state index contributed by atoms with van der Waals surface area (Å²) in [7, 11) is 1.87. The lowest BCUT2D eigenvalue weighted by molar-refractivity contribution is 0.0572. The van der Waals surface area contributed by atoms with Crippen LogP contribution in [0.3, 0.4) is 0 Å². The lowest BCUT2D eigenvalue weighted by atomic mass is 9.99. The van der Waals surface area contributed by atoms with Crippen molar-refractivity contribution in [2.75, 3.05) is 13.1 Å². The predicted octanol–water partition coefficient (Wildman–Crippen LogP) is -0.764. The largest absolute Gasteiger partial charge is 0.389 e. The zero-order chi connectivity index (χ0) is 13.3. The van der Waals surface area contributed by atoms with Crippen LogP contribution in [0.1, 0.15) is 24.9 Å². The molecule has 1 saturated heterocycles. The Morgan fingerprint density at radius 3 is 2.50 bits per heavy atom. The van der Waals surface area contributed by atoms with Gasteiger partial charge in [-0.3, -0.25) is 9.58 Å². The first-order chi connectivity index (χ1) is 8.52. The second-order valence-corrected chi connectivity index (χ2v) is 5.05. The smallest absolute Gasteiger partial charge is 0.0938 e. The van der Waals surface area contributed by atoms with Crippen LogP contribution in [0, 0.1) is 0 Å². The average molecular weight is 254 g/mol. The molecular formula is C12H22N4O2. The van der Waals surface area contributed by atoms with E-state index in [9.17, 15) is 10.2 Å². The molecule has 0 amide bonds. The summed E-state index contributed by atoms with van der Waals surface area (Å²) in [4.78, 5) is 2.04. The Balaban J connectivity index is 2.21. The van der Waals surface area contributed by atoms with Crippen molar-refractivity contribution in [2.24, 2.45) is 12.8 Å². The number of likely N-dealkylation sites (tertiary alicyclic amines) is 1. The molecule has 0 radical (unpaired) electrons. The van der Waals surface area contributed by atoms with Crippen LogP contribution in [0.4, 0.5) is 0 Å². The Bertz CT molecular complexity index is 385. The van der Waals surface area contributed by atoms with Gasteiger partial charge in [-0.2, -0.15) is 5.10 Å². The normalized spacial score (nSPS) is 28.5. The quantitative estimate of drug-likeness (QED) is 0.657. The van der Waals surface area contributed by atoms with Gasteiger partial charge in [-0.05, 0) is 6.42 Å². The maximum atomic E-state index is 9.67. The summed E-state index contributed by atoms with van der Waals surface area (Å²) in [5.74, 6) is 0. The molecule has 4 N–H and O–H groups in total. The van der Waals surface area contributed by atoms with Crippen LogP contribution in [-0.2, 0) is 7.05 Å². The summed E-state index contributed by atoms with van der Waals surface area (Å²) in [6.07, 6.45) is 3.21. The fourth-order valence-electron chi connectivity index (χ4n) is 2.57. The highest BCUT2D eigenvalue weighted by atomic mass is 16.3. The molecule has 2 heterocycles. The van der Waals surface area contributed by atoms with Gasteiger partial charge in [0.1, 0.15) is 0 Å². The predicted molar refractivity (Wildman–Crippen MR) is 67.8 cm³/mol. The molecule has 0 bridgehead atoms. The Morgan fingerprint density at radius 2 is 2.06 bits per heavy atom. The number of aryl methyl sites for hydroxylation is 1. The third-order valence-corrected chi connectivity index (χ3v) is 3.62. The molecule has 1 fully saturated rings. The van der Waals surface area contributed by atoms with Crippen molar-refractivity contribution < 1.29 is 10.2 Å². The van der Waals surface area contributed by atoms with E-state index in [1.165, 1.54) is 0 Å². The van der Waals surface area contributed by atoms with Gasteiger partial charge < -0.3 is 15.9 Å². The van der Waals surface area contributed by atoms with E-state index < -0.39 is 12.2 Å². The van der Waals surface area contributed by atoms with Crippen molar-refractivity contribution >= 4 is 0 Å². The maximum absolute atomic E-state index is 9.67. The molecule has 102 valence electrons. The van der Waals surface area contributed by atoms with Crippen molar-refractivity contribution in [2.45, 2.75) is 37.6 Å². The van der Waals surface area contributed by atoms with Gasteiger partial charge in [0.2, 0.25) is 0 Å². The summed E-state index contributed by atoms with van der Waals surface area (Å²) >= 11 is 0. The second kappa shape index (κ2) is 5.36. The lowest BCUT2D eigenvalue weighted by Gasteiger charge is -2.31. The van der Waals surface area contributed by atoms with Gasteiger partial charge in [0.25, 0.3) is 0 Å². The van der Waals surface area contributed by atoms with Gasteiger partial charge in [-0.1, -0.05) is 6.92 Å². The first kappa shape index (κ1) is 13.5. The number of β-amino-alcohol motifs (C(OH)–C–C–N with tert-alkyl or cyclic N) is 2. The minimum Gasteiger partial charge on any atom is -0.389 e. The zero-order valence-corrected chi connectivity index (χ0v) is 10.9. The molecule has 0 aliphatic carbocycles. The van der Waals surface area contributed by atoms with E-state index in [1.807, 2.05) is 25.1 Å². The highest BCUT2D eigenvalue weighted by Gasteiger charge is 2.36. The fraction of sp³-hybridized carbons (Fsp3) is 0.750. The van der Waals surface area contributed by atoms with E-state index in [-0.39, 0.29) is 12.1 Å². The standard InChI is InChI=1S/C12H22N4O2/c1-3-9(13)12(8-4-14-15(2)5-8)16-6-10(17)11(18)7-16/h4-5,9-12,17-18H,3,6-7,13H2,1-2H3. The molecule has 4 atom stereocenters. The first-order valence-corrected chi connectivity index (χ1v) is 6.37. The van der Waals surface area contributed by atoms with Crippen molar-refractivity contribution in [3.05, 3.63) is 18.0 Å². The molecule has 0 spiro atoms. The van der Waals surface area contributed by atoms with E-state index in [2.05, 4.69) is 5.10 Å². The lowest BCUT2D eigenvalue weighted by Crippen LogP contribution is -2.40. The number of hydrogen-bond acceptors (Lipinski definition) is 5. The van der Waals surface area contributed by atoms with E-state index >= 15 is 0 Å². The molecule has 4 unspecified atom stereocenters. The SMILES string of the molecule is CCC(N)C(c1cnn(C)c1)N1CC(O)C(O)C1. The maximum Gasteiger partial charge on any atom is 0.0938 e. The molecule has 18 heavy (non-hydrogen) atoms. The van der Waals surface area contributed by atoms with Crippen LogP contribution in [0.25, 0.3) is 0 Å². The molecule has 1 aliphatic rings. The molecule has 6 nitrogen and oxygen atoms in total. The van der Waals surface area contributed by atoms with Crippen LogP contribution in [0.15, 0.2) is 12.4 Å². The molecule has 6 heteroatoms. The van der Waals surface area contributed by atoms with Crippen LogP contribution in [0.2, 0.25) is 0 Å². The van der Waals surface area contributed by atoms with E-state index in [0.29, 0.717) is 13.1 Å². The van der Waals surface area contributed by atoms with Crippen LogP contribution in [-0.4, -0.2) is 56.2 Å². The van der Waals surface area contributed by atoms with Crippen molar-refractivity contribution in [1.82, 2.24) is 14.7 Å². The molecule has 1 aromatic heterocycles. The van der Waals surface area contributed by atoms with Crippen LogP contribution in [0.5, 0.6) is 0 Å². The second-order valence-electron chi connectivity index (χ2n) is 5.05. The number of nitrogens with zero attached hydrogens (tertiary/aromatic N) is 3. The number of aliphatic hydroxyl groups is 2. The average Bonchev–Trinajstić information content (AvgIpc) is 2.87. The number of aromatic nitrogens is 2. The van der Waals surface area contributed by atoms with Gasteiger partial charge in [0.05, 0.1) is 24.4 Å². The number of nitrogens with two attached hydrogens (primary N) is 1. The van der Waals surface area contributed by atoms with E-state index in [4.69, 9.17) is 5.73 Å². The number of rotatable bonds is 4. The van der Waals surface area contributed by atoms with E-state index in [0.717, 1.165) is 12.0 Å². The Morgan fingerprint density at radius 1 is 1.44 bits per heavy atom. The van der Waals surface area contributed by atoms with Crippen LogP contribution >= 0.6 is 0 Å². The van der Waals surface area contributed by atoms with Gasteiger partial charge >= 0.3 is 0 Å². The molecule has 0 saturated carbocycles. The van der Waals surface area contributed by atoms with Gasteiger partial charge in [0, 0.05) is 37.9 Å². The topological polar surface area (TPSA) is 87.5 Å². The first-order valence-electron chi connectivity index (χ1n) is 6.37. The Labute approximate surface area is 107 Å². The summed E-state index contributed by atoms with van der Waals surface area (Å²) in [6, 6.07) is -0.0396. The highest BCUT2D eigenvalue weighted by Crippen LogP contribution is 2.28. The summed E-state index contributed by atoms with van der Waals surface area (Å²) < 4.78 is 1.74. The summed E-state index contributed by atoms with van der Waals surface area (Å²) in [5.41, 5.74) is 7.22. The fourth-order valence-corrected chi connectivity index (χ4v) is 2.57. The van der Waals surface area contributed by atoms with Crippen LogP contribution < -0.4 is 5.73 Å². The summed E-state index contributed by atoms with van der Waals surface area (Å²) in [6.45, 7) is 2.94. The third-order valence-electron chi connectivity index (χ3n) is 3.62. The Hall–Kier alpha value is -0.950. The van der Waals surface area contributed by atoms with Crippen molar-refractivity contribution in [3.63, 3.8) is 0 Å². The van der Waals surface area contributed by atoms with Gasteiger partial charge in [-0.15, -0.1) is 0 Å². The monoisotopic (exact) mass is 254 g/mol. The molecule has 0 aromatic carbocycles. The molecule has 1 aliphatic heterocycles. The Kier molecular flexibility index (Phi) is 4.01. The number of aliphatic hydroxyl groups excluding tert-OH is 2.